The van der Waals surface area contributed by atoms with Crippen molar-refractivity contribution in [2.45, 2.75) is 44.8 Å². The van der Waals surface area contributed by atoms with Gasteiger partial charge in [0, 0.05) is 6.54 Å². The molecular weight excluding hydrogens is 220 g/mol. The van der Waals surface area contributed by atoms with Gasteiger partial charge in [0.05, 0.1) is 23.6 Å². The van der Waals surface area contributed by atoms with Crippen LogP contribution in [0.2, 0.25) is 0 Å². The number of ether oxygens (including phenoxy) is 1. The lowest BCUT2D eigenvalue weighted by Gasteiger charge is -2.43. The van der Waals surface area contributed by atoms with Crippen LogP contribution < -0.4 is 0 Å². The van der Waals surface area contributed by atoms with Crippen LogP contribution in [0, 0.1) is 16.7 Å². The Bertz CT molecular complexity index is 386. The summed E-state index contributed by atoms with van der Waals surface area (Å²) in [5, 5.41) is 18.5. The van der Waals surface area contributed by atoms with Crippen molar-refractivity contribution in [2.75, 3.05) is 13.2 Å². The van der Waals surface area contributed by atoms with Gasteiger partial charge in [0.25, 0.3) is 0 Å². The van der Waals surface area contributed by atoms with Crippen molar-refractivity contribution in [3.63, 3.8) is 0 Å². The lowest BCUT2D eigenvalue weighted by Crippen LogP contribution is -2.54. The maximum Gasteiger partial charge on any atom is 0.410 e. The highest BCUT2D eigenvalue weighted by atomic mass is 16.6. The second kappa shape index (κ2) is 3.36. The average molecular weight is 238 g/mol. The summed E-state index contributed by atoms with van der Waals surface area (Å²) in [6.45, 7) is 5.68. The van der Waals surface area contributed by atoms with Crippen molar-refractivity contribution >= 4 is 6.09 Å². The van der Waals surface area contributed by atoms with E-state index in [1.54, 1.807) is 20.8 Å². The SMILES string of the molecule is CC(C)(C)OC(=O)N1CC2(C#N)CC1(CO)C2. The van der Waals surface area contributed by atoms with Gasteiger partial charge in [-0.3, -0.25) is 4.90 Å². The van der Waals surface area contributed by atoms with E-state index >= 15 is 0 Å². The Morgan fingerprint density at radius 2 is 2.12 bits per heavy atom. The van der Waals surface area contributed by atoms with Crippen LogP contribution in [0.25, 0.3) is 0 Å². The number of nitrogens with zero attached hydrogens (tertiary/aromatic N) is 2. The zero-order valence-electron chi connectivity index (χ0n) is 10.5. The minimum absolute atomic E-state index is 0.102. The molecule has 0 atom stereocenters. The summed E-state index contributed by atoms with van der Waals surface area (Å²) in [6.07, 6.45) is 0.694. The van der Waals surface area contributed by atoms with Crippen LogP contribution in [0.3, 0.4) is 0 Å². The number of aliphatic hydroxyl groups excluding tert-OH is 1. The zero-order valence-corrected chi connectivity index (χ0v) is 10.5. The van der Waals surface area contributed by atoms with Crippen LogP contribution in [0.4, 0.5) is 4.79 Å². The van der Waals surface area contributed by atoms with Gasteiger partial charge in [0.15, 0.2) is 0 Å². The van der Waals surface area contributed by atoms with Crippen LogP contribution in [0.1, 0.15) is 33.6 Å². The van der Waals surface area contributed by atoms with E-state index in [-0.39, 0.29) is 6.61 Å². The fourth-order valence-electron chi connectivity index (χ4n) is 2.87. The number of nitriles is 1. The minimum Gasteiger partial charge on any atom is -0.444 e. The van der Waals surface area contributed by atoms with Crippen molar-refractivity contribution in [3.05, 3.63) is 0 Å². The highest BCUT2D eigenvalue weighted by Gasteiger charge is 2.67. The number of amides is 1. The Hall–Kier alpha value is -1.28. The molecule has 5 heteroatoms. The molecule has 3 rings (SSSR count). The molecule has 0 unspecified atom stereocenters. The Morgan fingerprint density at radius 3 is 2.53 bits per heavy atom. The van der Waals surface area contributed by atoms with Crippen molar-refractivity contribution in [1.82, 2.24) is 4.90 Å². The van der Waals surface area contributed by atoms with Crippen LogP contribution in [-0.2, 0) is 4.74 Å². The first-order valence-electron chi connectivity index (χ1n) is 5.79. The molecule has 1 saturated carbocycles. The Labute approximate surface area is 101 Å². The summed E-state index contributed by atoms with van der Waals surface area (Å²) >= 11 is 0. The van der Waals surface area contributed by atoms with Gasteiger partial charge >= 0.3 is 6.09 Å². The summed E-state index contributed by atoms with van der Waals surface area (Å²) in [4.78, 5) is 13.5. The summed E-state index contributed by atoms with van der Waals surface area (Å²) in [5.41, 5.74) is -1.57. The van der Waals surface area contributed by atoms with Crippen molar-refractivity contribution in [1.29, 1.82) is 5.26 Å². The van der Waals surface area contributed by atoms with E-state index in [4.69, 9.17) is 10.00 Å². The molecule has 1 amide bonds. The second-order valence-corrected chi connectivity index (χ2v) is 6.19. The average Bonchev–Trinajstić information content (AvgIpc) is 2.64. The normalized spacial score (nSPS) is 35.1. The molecule has 2 heterocycles. The Balaban J connectivity index is 2.13. The van der Waals surface area contributed by atoms with Gasteiger partial charge in [-0.25, -0.2) is 4.79 Å². The second-order valence-electron chi connectivity index (χ2n) is 6.19. The van der Waals surface area contributed by atoms with Gasteiger partial charge in [0.2, 0.25) is 0 Å². The van der Waals surface area contributed by atoms with E-state index in [0.29, 0.717) is 19.4 Å². The molecule has 0 spiro atoms. The van der Waals surface area contributed by atoms with Crippen LogP contribution in [0.15, 0.2) is 0 Å². The number of carbonyl (C=O) groups is 1. The fraction of sp³-hybridized carbons (Fsp3) is 0.833. The number of aliphatic hydroxyl groups is 1. The van der Waals surface area contributed by atoms with Crippen molar-refractivity contribution in [3.8, 4) is 6.07 Å². The Morgan fingerprint density at radius 1 is 1.53 bits per heavy atom. The molecule has 94 valence electrons. The number of hydrogen-bond donors (Lipinski definition) is 1. The number of fused-ring (bicyclic) bond motifs is 1. The van der Waals surface area contributed by atoms with Crippen molar-refractivity contribution < 1.29 is 14.6 Å². The quantitative estimate of drug-likeness (QED) is 0.746. The lowest BCUT2D eigenvalue weighted by molar-refractivity contribution is -0.0135. The van der Waals surface area contributed by atoms with E-state index < -0.39 is 22.6 Å². The molecule has 3 fully saturated rings. The third-order valence-electron chi connectivity index (χ3n) is 3.51. The highest BCUT2D eigenvalue weighted by Crippen LogP contribution is 2.59. The molecule has 2 bridgehead atoms. The first-order chi connectivity index (χ1) is 7.76. The molecule has 17 heavy (non-hydrogen) atoms. The molecule has 5 nitrogen and oxygen atoms in total. The molecule has 1 N–H and O–H groups in total. The molecule has 0 radical (unpaired) electrons. The van der Waals surface area contributed by atoms with Gasteiger partial charge in [-0.2, -0.15) is 5.26 Å². The van der Waals surface area contributed by atoms with E-state index in [9.17, 15) is 9.90 Å². The Kier molecular flexibility index (Phi) is 2.41. The molecule has 0 aromatic carbocycles. The molecule has 2 saturated heterocycles. The van der Waals surface area contributed by atoms with E-state index in [0.717, 1.165) is 0 Å². The van der Waals surface area contributed by atoms with Gasteiger partial charge in [0.1, 0.15) is 5.60 Å². The third-order valence-corrected chi connectivity index (χ3v) is 3.51. The third kappa shape index (κ3) is 1.77. The summed E-state index contributed by atoms with van der Waals surface area (Å²) in [5.74, 6) is 0. The van der Waals surface area contributed by atoms with E-state index in [2.05, 4.69) is 6.07 Å². The van der Waals surface area contributed by atoms with E-state index in [1.807, 2.05) is 0 Å². The molecule has 2 aliphatic heterocycles. The van der Waals surface area contributed by atoms with Crippen molar-refractivity contribution in [2.24, 2.45) is 5.41 Å². The first-order valence-corrected chi connectivity index (χ1v) is 5.79. The van der Waals surface area contributed by atoms with Gasteiger partial charge < -0.3 is 9.84 Å². The van der Waals surface area contributed by atoms with Gasteiger partial charge in [-0.15, -0.1) is 0 Å². The molecule has 0 aromatic heterocycles. The molecular formula is C12H18N2O3. The smallest absolute Gasteiger partial charge is 0.410 e. The largest absolute Gasteiger partial charge is 0.444 e. The van der Waals surface area contributed by atoms with Crippen LogP contribution >= 0.6 is 0 Å². The predicted molar refractivity (Wildman–Crippen MR) is 60.0 cm³/mol. The summed E-state index contributed by atoms with van der Waals surface area (Å²) in [7, 11) is 0. The number of hydrogen-bond acceptors (Lipinski definition) is 4. The zero-order chi connectivity index (χ0) is 12.9. The van der Waals surface area contributed by atoms with Gasteiger partial charge in [-0.1, -0.05) is 0 Å². The standard InChI is InChI=1S/C12H18N2O3/c1-10(2,3)17-9(16)14-7-11(6-13)4-12(14,5-11)8-15/h15H,4-5,7-8H2,1-3H3. The number of rotatable bonds is 1. The van der Waals surface area contributed by atoms with Gasteiger partial charge in [-0.05, 0) is 33.6 Å². The lowest BCUT2D eigenvalue weighted by atomic mass is 9.63. The summed E-state index contributed by atoms with van der Waals surface area (Å²) < 4.78 is 5.30. The molecule has 1 aliphatic carbocycles. The van der Waals surface area contributed by atoms with Crippen LogP contribution in [-0.4, -0.2) is 40.4 Å². The minimum atomic E-state index is -0.557. The number of carbonyl (C=O) groups excluding carboxylic acids is 1. The monoisotopic (exact) mass is 238 g/mol. The highest BCUT2D eigenvalue weighted by molar-refractivity contribution is 5.71. The maximum absolute atomic E-state index is 12.0. The predicted octanol–water partition coefficient (Wildman–Crippen LogP) is 1.27. The molecule has 0 aromatic rings. The molecule has 3 aliphatic rings. The first kappa shape index (κ1) is 12.2. The summed E-state index contributed by atoms with van der Waals surface area (Å²) in [6, 6.07) is 2.25. The maximum atomic E-state index is 12.0. The van der Waals surface area contributed by atoms with Crippen LogP contribution in [0.5, 0.6) is 0 Å². The van der Waals surface area contributed by atoms with E-state index in [1.165, 1.54) is 4.90 Å². The fourth-order valence-corrected chi connectivity index (χ4v) is 2.87. The topological polar surface area (TPSA) is 73.6 Å².